The van der Waals surface area contributed by atoms with Crippen molar-refractivity contribution in [2.75, 3.05) is 36.9 Å². The maximum absolute atomic E-state index is 13.1. The number of oxime groups is 1. The number of nitriles is 1. The summed E-state index contributed by atoms with van der Waals surface area (Å²) in [4.78, 5) is 8.10. The van der Waals surface area contributed by atoms with Crippen LogP contribution >= 0.6 is 0 Å². The lowest BCUT2D eigenvalue weighted by Crippen LogP contribution is -2.38. The van der Waals surface area contributed by atoms with E-state index in [0.717, 1.165) is 35.1 Å². The second-order valence-electron chi connectivity index (χ2n) is 9.99. The second-order valence-corrected chi connectivity index (χ2v) is 11.9. The molecule has 1 heterocycles. The molecule has 0 spiro atoms. The Bertz CT molecular complexity index is 1250. The first-order chi connectivity index (χ1) is 17.4. The van der Waals surface area contributed by atoms with Gasteiger partial charge >= 0.3 is 0 Å². The lowest BCUT2D eigenvalue weighted by Gasteiger charge is -2.27. The van der Waals surface area contributed by atoms with Gasteiger partial charge in [-0.2, -0.15) is 9.57 Å². The van der Waals surface area contributed by atoms with Gasteiger partial charge in [-0.1, -0.05) is 11.2 Å². The quantitative estimate of drug-likeness (QED) is 0.481. The van der Waals surface area contributed by atoms with Crippen LogP contribution in [-0.2, 0) is 21.5 Å². The highest BCUT2D eigenvalue weighted by atomic mass is 32.2. The molecular weight excluding hydrogens is 474 g/mol. The predicted molar refractivity (Wildman–Crippen MR) is 140 cm³/mol. The number of hydrogen-bond acceptors (Lipinski definition) is 7. The zero-order valence-corrected chi connectivity index (χ0v) is 21.5. The van der Waals surface area contributed by atoms with Gasteiger partial charge in [-0.15, -0.1) is 0 Å². The molecule has 2 aromatic rings. The monoisotopic (exact) mass is 507 g/mol. The van der Waals surface area contributed by atoms with E-state index in [9.17, 15) is 13.7 Å². The fourth-order valence-electron chi connectivity index (χ4n) is 4.45. The van der Waals surface area contributed by atoms with Crippen molar-refractivity contribution in [3.05, 3.63) is 53.6 Å². The molecule has 2 aromatic carbocycles. The SMILES string of the molecule is CN(c1ccc(S(=O)(=O)N2CCC(=NOCc3ccc(NCC4CC4)c(C#N)c3)CC2)cc1)C1CC1. The number of nitrogens with one attached hydrogen (secondary N) is 1. The molecule has 2 aliphatic carbocycles. The summed E-state index contributed by atoms with van der Waals surface area (Å²) < 4.78 is 27.7. The highest BCUT2D eigenvalue weighted by Crippen LogP contribution is 2.31. The van der Waals surface area contributed by atoms with Gasteiger partial charge < -0.3 is 15.1 Å². The molecule has 3 fully saturated rings. The van der Waals surface area contributed by atoms with Crippen LogP contribution in [0.25, 0.3) is 0 Å². The van der Waals surface area contributed by atoms with E-state index in [2.05, 4.69) is 28.5 Å². The zero-order valence-electron chi connectivity index (χ0n) is 20.7. The third-order valence-corrected chi connectivity index (χ3v) is 9.10. The van der Waals surface area contributed by atoms with Crippen molar-refractivity contribution < 1.29 is 13.3 Å². The Morgan fingerprint density at radius 3 is 2.47 bits per heavy atom. The first-order valence-electron chi connectivity index (χ1n) is 12.7. The van der Waals surface area contributed by atoms with Crippen molar-refractivity contribution >= 4 is 27.1 Å². The smallest absolute Gasteiger partial charge is 0.243 e. The van der Waals surface area contributed by atoms with Crippen LogP contribution in [0.5, 0.6) is 0 Å². The second kappa shape index (κ2) is 10.5. The number of rotatable bonds is 10. The van der Waals surface area contributed by atoms with E-state index < -0.39 is 10.0 Å². The Kier molecular flexibility index (Phi) is 7.17. The van der Waals surface area contributed by atoms with Crippen LogP contribution in [0.4, 0.5) is 11.4 Å². The van der Waals surface area contributed by atoms with Crippen molar-refractivity contribution in [3.63, 3.8) is 0 Å². The summed E-state index contributed by atoms with van der Waals surface area (Å²) in [5, 5.41) is 17.1. The normalized spacial score (nSPS) is 18.4. The Hall–Kier alpha value is -3.09. The molecule has 1 N–H and O–H groups in total. The molecular formula is C27H33N5O3S. The summed E-state index contributed by atoms with van der Waals surface area (Å²) >= 11 is 0. The maximum Gasteiger partial charge on any atom is 0.243 e. The van der Waals surface area contributed by atoms with E-state index in [1.807, 2.05) is 30.3 Å². The summed E-state index contributed by atoms with van der Waals surface area (Å²) in [5.41, 5.74) is 4.25. The third kappa shape index (κ3) is 5.82. The van der Waals surface area contributed by atoms with Crippen LogP contribution in [0.1, 0.15) is 49.7 Å². The standard InChI is InChI=1S/C27H33N5O3S/c1-31(24-5-6-24)25-7-9-26(10-8-25)36(33,34)32-14-12-23(13-15-32)30-35-19-21-4-11-27(22(16-21)17-28)29-18-20-2-3-20/h4,7-11,16,20,24,29H,2-3,5-6,12-15,18-19H2,1H3. The Labute approximate surface area is 213 Å². The van der Waals surface area contributed by atoms with Crippen LogP contribution in [0.15, 0.2) is 52.5 Å². The molecule has 0 atom stereocenters. The fraction of sp³-hybridized carbons (Fsp3) is 0.481. The Balaban J connectivity index is 1.12. The molecule has 0 radical (unpaired) electrons. The van der Waals surface area contributed by atoms with Gasteiger partial charge in [-0.25, -0.2) is 8.42 Å². The topological polar surface area (TPSA) is 98.0 Å². The number of piperidine rings is 1. The van der Waals surface area contributed by atoms with Gasteiger partial charge in [0.2, 0.25) is 10.0 Å². The van der Waals surface area contributed by atoms with Crippen LogP contribution < -0.4 is 10.2 Å². The minimum absolute atomic E-state index is 0.269. The number of hydrogen-bond donors (Lipinski definition) is 1. The maximum atomic E-state index is 13.1. The van der Waals surface area contributed by atoms with E-state index >= 15 is 0 Å². The minimum atomic E-state index is -3.53. The molecule has 36 heavy (non-hydrogen) atoms. The van der Waals surface area contributed by atoms with Gasteiger partial charge in [0.05, 0.1) is 21.9 Å². The molecule has 0 bridgehead atoms. The molecule has 9 heteroatoms. The van der Waals surface area contributed by atoms with E-state index in [-0.39, 0.29) is 6.61 Å². The molecule has 0 aromatic heterocycles. The van der Waals surface area contributed by atoms with E-state index in [0.29, 0.717) is 42.4 Å². The first-order valence-corrected chi connectivity index (χ1v) is 14.2. The molecule has 1 saturated heterocycles. The van der Waals surface area contributed by atoms with Crippen LogP contribution in [0.2, 0.25) is 0 Å². The molecule has 5 rings (SSSR count). The molecule has 0 amide bonds. The summed E-state index contributed by atoms with van der Waals surface area (Å²) in [6, 6.07) is 15.7. The average Bonchev–Trinajstić information content (AvgIpc) is 3.82. The number of nitrogens with zero attached hydrogens (tertiary/aromatic N) is 4. The fourth-order valence-corrected chi connectivity index (χ4v) is 5.89. The molecule has 3 aliphatic rings. The van der Waals surface area contributed by atoms with Gasteiger partial charge in [0.25, 0.3) is 0 Å². The molecule has 8 nitrogen and oxygen atoms in total. The Morgan fingerprint density at radius 2 is 1.83 bits per heavy atom. The first kappa shape index (κ1) is 24.6. The summed E-state index contributed by atoms with van der Waals surface area (Å²) in [7, 11) is -1.48. The molecule has 190 valence electrons. The van der Waals surface area contributed by atoms with Gasteiger partial charge in [0, 0.05) is 51.3 Å². The number of sulfonamides is 1. The number of anilines is 2. The average molecular weight is 508 g/mol. The van der Waals surface area contributed by atoms with E-state index in [4.69, 9.17) is 4.84 Å². The number of benzene rings is 2. The van der Waals surface area contributed by atoms with Crippen molar-refractivity contribution in [3.8, 4) is 6.07 Å². The molecule has 2 saturated carbocycles. The lowest BCUT2D eigenvalue weighted by molar-refractivity contribution is 0.128. The van der Waals surface area contributed by atoms with E-state index in [1.54, 1.807) is 12.1 Å². The summed E-state index contributed by atoms with van der Waals surface area (Å²) in [5.74, 6) is 0.733. The van der Waals surface area contributed by atoms with Gasteiger partial charge in [-0.3, -0.25) is 0 Å². The van der Waals surface area contributed by atoms with Crippen molar-refractivity contribution in [1.82, 2.24) is 4.31 Å². The Morgan fingerprint density at radius 1 is 1.11 bits per heavy atom. The van der Waals surface area contributed by atoms with Gasteiger partial charge in [0.1, 0.15) is 12.7 Å². The summed E-state index contributed by atoms with van der Waals surface area (Å²) in [6.45, 7) is 1.95. The van der Waals surface area contributed by atoms with Gasteiger partial charge in [-0.05, 0) is 73.6 Å². The zero-order chi connectivity index (χ0) is 25.1. The predicted octanol–water partition coefficient (Wildman–Crippen LogP) is 4.34. The third-order valence-electron chi connectivity index (χ3n) is 7.18. The van der Waals surface area contributed by atoms with Gasteiger partial charge in [0.15, 0.2) is 0 Å². The summed E-state index contributed by atoms with van der Waals surface area (Å²) in [6.07, 6.45) is 5.99. The highest BCUT2D eigenvalue weighted by molar-refractivity contribution is 7.89. The van der Waals surface area contributed by atoms with E-state index in [1.165, 1.54) is 30.0 Å². The van der Waals surface area contributed by atoms with Crippen molar-refractivity contribution in [2.24, 2.45) is 11.1 Å². The largest absolute Gasteiger partial charge is 0.391 e. The van der Waals surface area contributed by atoms with Crippen molar-refractivity contribution in [1.29, 1.82) is 5.26 Å². The van der Waals surface area contributed by atoms with Crippen LogP contribution in [0.3, 0.4) is 0 Å². The lowest BCUT2D eigenvalue weighted by atomic mass is 10.1. The molecule has 1 aliphatic heterocycles. The van der Waals surface area contributed by atoms with Crippen molar-refractivity contribution in [2.45, 2.75) is 56.1 Å². The molecule has 0 unspecified atom stereocenters. The highest BCUT2D eigenvalue weighted by Gasteiger charge is 2.29. The van der Waals surface area contributed by atoms with Crippen LogP contribution in [0, 0.1) is 17.2 Å². The minimum Gasteiger partial charge on any atom is -0.391 e. The van der Waals surface area contributed by atoms with Crippen LogP contribution in [-0.4, -0.2) is 51.2 Å².